The highest BCUT2D eigenvalue weighted by Gasteiger charge is 2.15. The van der Waals surface area contributed by atoms with Crippen LogP contribution >= 0.6 is 0 Å². The van der Waals surface area contributed by atoms with Crippen LogP contribution in [0, 0.1) is 0 Å². The minimum atomic E-state index is -0.591. The number of hydrogen-bond donors (Lipinski definition) is 1. The van der Waals surface area contributed by atoms with Crippen molar-refractivity contribution in [2.75, 3.05) is 13.2 Å². The van der Waals surface area contributed by atoms with Crippen LogP contribution in [0.2, 0.25) is 0 Å². The number of ether oxygens (including phenoxy) is 2. The lowest BCUT2D eigenvalue weighted by Gasteiger charge is -2.20. The van der Waals surface area contributed by atoms with Crippen molar-refractivity contribution < 1.29 is 19.1 Å². The van der Waals surface area contributed by atoms with Gasteiger partial charge in [0.1, 0.15) is 5.75 Å². The molecule has 0 saturated carbocycles. The lowest BCUT2D eigenvalue weighted by atomic mass is 10.1. The molecule has 0 bridgehead atoms. The van der Waals surface area contributed by atoms with Gasteiger partial charge in [-0.3, -0.25) is 4.79 Å². The van der Waals surface area contributed by atoms with Crippen molar-refractivity contribution in [2.24, 2.45) is 0 Å². The number of hydrogen-bond acceptors (Lipinski definition) is 4. The van der Waals surface area contributed by atoms with E-state index in [1.165, 1.54) is 0 Å². The summed E-state index contributed by atoms with van der Waals surface area (Å²) in [5.41, 5.74) is 1.52. The van der Waals surface area contributed by atoms with Gasteiger partial charge in [-0.15, -0.1) is 0 Å². The number of carbonyl (C=O) groups excluding carboxylic acids is 2. The Labute approximate surface area is 148 Å². The van der Waals surface area contributed by atoms with Crippen LogP contribution in [-0.4, -0.2) is 30.6 Å². The number of nitrogens with one attached hydrogen (secondary N) is 1. The molecular weight excluding hydrogens is 318 g/mol. The monoisotopic (exact) mass is 341 g/mol. The summed E-state index contributed by atoms with van der Waals surface area (Å²) in [5, 5.41) is 2.72. The van der Waals surface area contributed by atoms with Gasteiger partial charge in [0.25, 0.3) is 5.91 Å². The van der Waals surface area contributed by atoms with Crippen molar-refractivity contribution in [3.05, 3.63) is 54.6 Å². The lowest BCUT2D eigenvalue weighted by Crippen LogP contribution is -2.43. The quantitative estimate of drug-likeness (QED) is 0.820. The van der Waals surface area contributed by atoms with Gasteiger partial charge in [-0.05, 0) is 32.4 Å². The van der Waals surface area contributed by atoms with Crippen molar-refractivity contribution in [2.45, 2.75) is 26.3 Å². The third-order valence-electron chi connectivity index (χ3n) is 3.20. The van der Waals surface area contributed by atoms with Gasteiger partial charge < -0.3 is 14.8 Å². The Morgan fingerprint density at radius 3 is 2.24 bits per heavy atom. The molecule has 2 aromatic carbocycles. The van der Waals surface area contributed by atoms with Crippen molar-refractivity contribution in [1.82, 2.24) is 5.32 Å². The second-order valence-electron chi connectivity index (χ2n) is 6.61. The number of rotatable bonds is 6. The van der Waals surface area contributed by atoms with Crippen molar-refractivity contribution in [3.8, 4) is 16.9 Å². The summed E-state index contributed by atoms with van der Waals surface area (Å²) < 4.78 is 10.5. The van der Waals surface area contributed by atoms with Gasteiger partial charge in [-0.2, -0.15) is 0 Å². The van der Waals surface area contributed by atoms with Crippen LogP contribution in [0.4, 0.5) is 0 Å². The second-order valence-corrected chi connectivity index (χ2v) is 6.61. The Bertz CT molecular complexity index is 720. The Hall–Kier alpha value is -2.82. The molecule has 25 heavy (non-hydrogen) atoms. The van der Waals surface area contributed by atoms with Gasteiger partial charge in [0.2, 0.25) is 0 Å². The van der Waals surface area contributed by atoms with E-state index in [1.54, 1.807) is 6.07 Å². The second kappa shape index (κ2) is 8.33. The zero-order valence-electron chi connectivity index (χ0n) is 14.7. The molecule has 5 heteroatoms. The summed E-state index contributed by atoms with van der Waals surface area (Å²) in [6.07, 6.45) is 0. The molecule has 0 aliphatic heterocycles. The predicted octanol–water partition coefficient (Wildman–Crippen LogP) is 3.19. The highest BCUT2D eigenvalue weighted by Crippen LogP contribution is 2.29. The number of carbonyl (C=O) groups is 2. The third-order valence-corrected chi connectivity index (χ3v) is 3.20. The van der Waals surface area contributed by atoms with Crippen molar-refractivity contribution in [3.63, 3.8) is 0 Å². The van der Waals surface area contributed by atoms with Gasteiger partial charge in [0, 0.05) is 11.1 Å². The molecule has 0 unspecified atom stereocenters. The predicted molar refractivity (Wildman–Crippen MR) is 96.2 cm³/mol. The summed E-state index contributed by atoms with van der Waals surface area (Å²) in [6.45, 7) is 5.00. The molecule has 0 saturated heterocycles. The van der Waals surface area contributed by atoms with E-state index in [4.69, 9.17) is 9.47 Å². The van der Waals surface area contributed by atoms with Crippen LogP contribution in [0.3, 0.4) is 0 Å². The Balaban J connectivity index is 1.90. The normalized spacial score (nSPS) is 10.8. The summed E-state index contributed by atoms with van der Waals surface area (Å²) >= 11 is 0. The molecule has 5 nitrogen and oxygen atoms in total. The fourth-order valence-corrected chi connectivity index (χ4v) is 2.23. The molecule has 1 amide bonds. The average molecular weight is 341 g/mol. The molecule has 1 N–H and O–H groups in total. The SMILES string of the molecule is CC(C)(C)NC(=O)COC(=O)COc1ccccc1-c1ccccc1. The molecule has 0 aliphatic carbocycles. The first-order valence-electron chi connectivity index (χ1n) is 8.09. The topological polar surface area (TPSA) is 64.6 Å². The third kappa shape index (κ3) is 6.30. The van der Waals surface area contributed by atoms with Crippen LogP contribution in [0.15, 0.2) is 54.6 Å². The van der Waals surface area contributed by atoms with Gasteiger partial charge >= 0.3 is 5.97 Å². The summed E-state index contributed by atoms with van der Waals surface area (Å²) in [7, 11) is 0. The maximum Gasteiger partial charge on any atom is 0.344 e. The molecule has 0 spiro atoms. The van der Waals surface area contributed by atoms with Gasteiger partial charge in [-0.25, -0.2) is 4.79 Å². The van der Waals surface area contributed by atoms with Crippen LogP contribution < -0.4 is 10.1 Å². The Morgan fingerprint density at radius 1 is 0.920 bits per heavy atom. The van der Waals surface area contributed by atoms with Gasteiger partial charge in [0.15, 0.2) is 13.2 Å². The summed E-state index contributed by atoms with van der Waals surface area (Å²) in [4.78, 5) is 23.5. The van der Waals surface area contributed by atoms with Crippen molar-refractivity contribution in [1.29, 1.82) is 0 Å². The zero-order chi connectivity index (χ0) is 18.3. The first-order chi connectivity index (χ1) is 11.8. The number of amides is 1. The molecular formula is C20H23NO4. The molecule has 2 rings (SSSR count). The van der Waals surface area contributed by atoms with Crippen LogP contribution in [0.1, 0.15) is 20.8 Å². The fraction of sp³-hybridized carbons (Fsp3) is 0.300. The smallest absolute Gasteiger partial charge is 0.344 e. The lowest BCUT2D eigenvalue weighted by molar-refractivity contribution is -0.150. The van der Waals surface area contributed by atoms with Gasteiger partial charge in [0.05, 0.1) is 0 Å². The summed E-state index contributed by atoms with van der Waals surface area (Å²) in [5.74, 6) is -0.345. The van der Waals surface area contributed by atoms with E-state index in [0.29, 0.717) is 5.75 Å². The highest BCUT2D eigenvalue weighted by molar-refractivity contribution is 5.81. The van der Waals surface area contributed by atoms with E-state index < -0.39 is 5.97 Å². The van der Waals surface area contributed by atoms with Crippen LogP contribution in [-0.2, 0) is 14.3 Å². The molecule has 2 aromatic rings. The largest absolute Gasteiger partial charge is 0.481 e. The number of esters is 1. The molecule has 0 aromatic heterocycles. The Kier molecular flexibility index (Phi) is 6.17. The average Bonchev–Trinajstić information content (AvgIpc) is 2.58. The first kappa shape index (κ1) is 18.5. The fourth-order valence-electron chi connectivity index (χ4n) is 2.23. The van der Waals surface area contributed by atoms with Crippen LogP contribution in [0.25, 0.3) is 11.1 Å². The molecule has 0 aliphatic rings. The van der Waals surface area contributed by atoms with E-state index in [-0.39, 0.29) is 24.7 Å². The minimum Gasteiger partial charge on any atom is -0.481 e. The molecule has 0 fully saturated rings. The maximum atomic E-state index is 11.8. The number of para-hydroxylation sites is 1. The van der Waals surface area contributed by atoms with E-state index in [0.717, 1.165) is 11.1 Å². The molecule has 0 heterocycles. The van der Waals surface area contributed by atoms with Crippen LogP contribution in [0.5, 0.6) is 5.75 Å². The van der Waals surface area contributed by atoms with E-state index >= 15 is 0 Å². The maximum absolute atomic E-state index is 11.8. The zero-order valence-corrected chi connectivity index (χ0v) is 14.7. The van der Waals surface area contributed by atoms with E-state index in [1.807, 2.05) is 69.3 Å². The van der Waals surface area contributed by atoms with Crippen molar-refractivity contribution >= 4 is 11.9 Å². The number of benzene rings is 2. The van der Waals surface area contributed by atoms with E-state index in [2.05, 4.69) is 5.32 Å². The standard InChI is InChI=1S/C20H23NO4/c1-20(2,3)21-18(22)13-25-19(23)14-24-17-12-8-7-11-16(17)15-9-5-4-6-10-15/h4-12H,13-14H2,1-3H3,(H,21,22). The first-order valence-corrected chi connectivity index (χ1v) is 8.09. The molecule has 132 valence electrons. The van der Waals surface area contributed by atoms with Gasteiger partial charge in [-0.1, -0.05) is 48.5 Å². The van der Waals surface area contributed by atoms with E-state index in [9.17, 15) is 9.59 Å². The highest BCUT2D eigenvalue weighted by atomic mass is 16.6. The Morgan fingerprint density at radius 2 is 1.56 bits per heavy atom. The summed E-state index contributed by atoms with van der Waals surface area (Å²) in [6, 6.07) is 17.2. The molecule has 0 atom stereocenters. The minimum absolute atomic E-state index is 0.257. The molecule has 0 radical (unpaired) electrons.